The van der Waals surface area contributed by atoms with Gasteiger partial charge in [0.2, 0.25) is 0 Å². The van der Waals surface area contributed by atoms with Gasteiger partial charge >= 0.3 is 0 Å². The van der Waals surface area contributed by atoms with Crippen molar-refractivity contribution in [2.75, 3.05) is 0 Å². The Morgan fingerprint density at radius 2 is 2.07 bits per heavy atom. The molecule has 7 heteroatoms. The number of H-pyrrole nitrogens is 1. The van der Waals surface area contributed by atoms with Gasteiger partial charge in [0.05, 0.1) is 23.1 Å². The van der Waals surface area contributed by atoms with E-state index in [2.05, 4.69) is 44.5 Å². The van der Waals surface area contributed by atoms with Gasteiger partial charge < -0.3 is 0 Å². The average molecular weight is 404 g/mol. The van der Waals surface area contributed by atoms with E-state index >= 15 is 0 Å². The Bertz CT molecular complexity index is 1380. The summed E-state index contributed by atoms with van der Waals surface area (Å²) in [5.41, 5.74) is 7.98. The molecular weight excluding hydrogens is 390 g/mol. The van der Waals surface area contributed by atoms with Gasteiger partial charge in [-0.1, -0.05) is 23.7 Å². The third-order valence-corrected chi connectivity index (χ3v) is 6.71. The van der Waals surface area contributed by atoms with Crippen molar-refractivity contribution in [2.45, 2.75) is 6.42 Å². The predicted octanol–water partition coefficient (Wildman–Crippen LogP) is 5.31. The molecule has 0 amide bonds. The highest BCUT2D eigenvalue weighted by Crippen LogP contribution is 2.46. The zero-order chi connectivity index (χ0) is 18.8. The molecule has 1 N–H and O–H groups in total. The van der Waals surface area contributed by atoms with Crippen molar-refractivity contribution in [3.05, 3.63) is 64.4 Å². The maximum absolute atomic E-state index is 6.06. The first-order valence-corrected chi connectivity index (χ1v) is 10.1. The van der Waals surface area contributed by atoms with Crippen molar-refractivity contribution in [2.24, 2.45) is 7.05 Å². The molecule has 0 aliphatic heterocycles. The van der Waals surface area contributed by atoms with Crippen LogP contribution in [-0.2, 0) is 13.5 Å². The maximum Gasteiger partial charge on any atom is 0.129 e. The minimum Gasteiger partial charge on any atom is -0.277 e. The van der Waals surface area contributed by atoms with E-state index in [0.717, 1.165) is 39.8 Å². The number of halogens is 1. The molecule has 28 heavy (non-hydrogen) atoms. The van der Waals surface area contributed by atoms with E-state index in [4.69, 9.17) is 11.6 Å². The van der Waals surface area contributed by atoms with Gasteiger partial charge in [-0.3, -0.25) is 9.78 Å². The fourth-order valence-electron chi connectivity index (χ4n) is 3.92. The molecule has 1 aliphatic carbocycles. The monoisotopic (exact) mass is 403 g/mol. The van der Waals surface area contributed by atoms with Gasteiger partial charge in [0.15, 0.2) is 0 Å². The molecule has 0 radical (unpaired) electrons. The van der Waals surface area contributed by atoms with Crippen molar-refractivity contribution in [3.8, 4) is 33.0 Å². The number of fused-ring (bicyclic) bond motifs is 4. The summed E-state index contributed by atoms with van der Waals surface area (Å²) >= 11 is 7.86. The normalized spacial score (nSPS) is 12.5. The number of hydrogen-bond acceptors (Lipinski definition) is 4. The van der Waals surface area contributed by atoms with Crippen LogP contribution < -0.4 is 0 Å². The average Bonchev–Trinajstić information content (AvgIpc) is 3.43. The quantitative estimate of drug-likeness (QED) is 0.398. The highest BCUT2D eigenvalue weighted by Gasteiger charge is 2.28. The summed E-state index contributed by atoms with van der Waals surface area (Å²) in [6.07, 6.45) is 4.53. The Labute approximate surface area is 169 Å². The summed E-state index contributed by atoms with van der Waals surface area (Å²) in [5.74, 6) is 0. The van der Waals surface area contributed by atoms with Crippen LogP contribution in [0.5, 0.6) is 0 Å². The van der Waals surface area contributed by atoms with Crippen LogP contribution in [0, 0.1) is 0 Å². The van der Waals surface area contributed by atoms with Crippen LogP contribution >= 0.6 is 22.9 Å². The van der Waals surface area contributed by atoms with Crippen molar-refractivity contribution >= 4 is 33.8 Å². The number of nitrogens with one attached hydrogen (secondary N) is 1. The lowest BCUT2D eigenvalue weighted by Crippen LogP contribution is -1.90. The molecule has 0 bridgehead atoms. The Kier molecular flexibility index (Phi) is 3.30. The minimum atomic E-state index is 0.515. The first-order valence-electron chi connectivity index (χ1n) is 8.92. The Balaban J connectivity index is 1.43. The summed E-state index contributed by atoms with van der Waals surface area (Å²) in [6, 6.07) is 12.5. The molecule has 4 heterocycles. The Morgan fingerprint density at radius 3 is 2.96 bits per heavy atom. The lowest BCUT2D eigenvalue weighted by molar-refractivity contribution is 0.797. The summed E-state index contributed by atoms with van der Waals surface area (Å²) < 4.78 is 1.90. The number of aromatic nitrogens is 5. The van der Waals surface area contributed by atoms with Crippen LogP contribution in [0.15, 0.2) is 48.8 Å². The van der Waals surface area contributed by atoms with Gasteiger partial charge in [-0.15, -0.1) is 11.3 Å². The topological polar surface area (TPSA) is 59.4 Å². The second-order valence-corrected chi connectivity index (χ2v) is 8.48. The van der Waals surface area contributed by atoms with Crippen molar-refractivity contribution in [1.82, 2.24) is 25.0 Å². The van der Waals surface area contributed by atoms with Gasteiger partial charge in [-0.25, -0.2) is 4.98 Å². The lowest BCUT2D eigenvalue weighted by atomic mass is 10.0. The van der Waals surface area contributed by atoms with Crippen molar-refractivity contribution in [1.29, 1.82) is 0 Å². The van der Waals surface area contributed by atoms with Crippen molar-refractivity contribution < 1.29 is 0 Å². The summed E-state index contributed by atoms with van der Waals surface area (Å²) in [6.45, 7) is 0. The third-order valence-electron chi connectivity index (χ3n) is 5.32. The highest BCUT2D eigenvalue weighted by molar-refractivity contribution is 7.16. The van der Waals surface area contributed by atoms with Crippen LogP contribution in [0.25, 0.3) is 43.9 Å². The molecule has 4 aromatic heterocycles. The van der Waals surface area contributed by atoms with Crippen LogP contribution in [0.3, 0.4) is 0 Å². The Hall–Kier alpha value is -2.96. The smallest absolute Gasteiger partial charge is 0.129 e. The van der Waals surface area contributed by atoms with Gasteiger partial charge in [-0.2, -0.15) is 10.2 Å². The van der Waals surface area contributed by atoms with E-state index in [1.165, 1.54) is 20.9 Å². The van der Waals surface area contributed by atoms with E-state index < -0.39 is 0 Å². The molecule has 136 valence electrons. The van der Waals surface area contributed by atoms with Crippen molar-refractivity contribution in [3.63, 3.8) is 0 Å². The summed E-state index contributed by atoms with van der Waals surface area (Å²) in [7, 11) is 1.96. The molecule has 0 fully saturated rings. The van der Waals surface area contributed by atoms with Crippen LogP contribution in [0.1, 0.15) is 10.4 Å². The van der Waals surface area contributed by atoms with E-state index in [-0.39, 0.29) is 0 Å². The largest absolute Gasteiger partial charge is 0.277 e. The molecule has 0 saturated heterocycles. The number of aryl methyl sites for hydroxylation is 1. The molecule has 1 aliphatic rings. The zero-order valence-corrected chi connectivity index (χ0v) is 16.5. The molecule has 0 saturated carbocycles. The number of pyridine rings is 1. The number of hydrogen-bond donors (Lipinski definition) is 1. The maximum atomic E-state index is 6.06. The minimum absolute atomic E-state index is 0.515. The van der Waals surface area contributed by atoms with Gasteiger partial charge in [0.25, 0.3) is 0 Å². The SMILES string of the molecule is Cn1ncc2ccc(-c3n[nH]c4c3Cc3sc(-c5ccnc(Cl)c5)cc3-4)cc21. The number of benzene rings is 1. The molecule has 5 nitrogen and oxygen atoms in total. The van der Waals surface area contributed by atoms with Gasteiger partial charge in [-0.05, 0) is 29.8 Å². The molecule has 5 aromatic rings. The molecular formula is C21H14ClN5S. The number of thiophene rings is 1. The molecule has 0 spiro atoms. The third kappa shape index (κ3) is 2.28. The van der Waals surface area contributed by atoms with E-state index in [1.807, 2.05) is 30.1 Å². The number of nitrogens with zero attached hydrogens (tertiary/aromatic N) is 4. The summed E-state index contributed by atoms with van der Waals surface area (Å²) in [5, 5.41) is 13.9. The fraction of sp³-hybridized carbons (Fsp3) is 0.0952. The molecule has 0 unspecified atom stereocenters. The van der Waals surface area contributed by atoms with Crippen LogP contribution in [0.4, 0.5) is 0 Å². The number of rotatable bonds is 2. The summed E-state index contributed by atoms with van der Waals surface area (Å²) in [4.78, 5) is 6.63. The van der Waals surface area contributed by atoms with Crippen LogP contribution in [-0.4, -0.2) is 25.0 Å². The first-order chi connectivity index (χ1) is 13.7. The standard InChI is InChI=1S/C21H14ClN5S/c1-27-16-6-12(2-3-13(16)10-24-27)20-15-9-18-14(21(15)26-25-20)8-17(28-18)11-4-5-23-19(22)7-11/h2-8,10H,9H2,1H3,(H,25,26). The highest BCUT2D eigenvalue weighted by atomic mass is 35.5. The zero-order valence-electron chi connectivity index (χ0n) is 14.9. The first kappa shape index (κ1) is 16.0. The fourth-order valence-corrected chi connectivity index (χ4v) is 5.27. The molecule has 0 atom stereocenters. The van der Waals surface area contributed by atoms with E-state index in [0.29, 0.717) is 5.15 Å². The van der Waals surface area contributed by atoms with Gasteiger partial charge in [0, 0.05) is 51.5 Å². The second kappa shape index (κ2) is 5.77. The molecule has 1 aromatic carbocycles. The lowest BCUT2D eigenvalue weighted by Gasteiger charge is -2.02. The number of aromatic amines is 1. The van der Waals surface area contributed by atoms with E-state index in [1.54, 1.807) is 17.5 Å². The predicted molar refractivity (Wildman–Crippen MR) is 113 cm³/mol. The molecule has 6 rings (SSSR count). The van der Waals surface area contributed by atoms with Crippen LogP contribution in [0.2, 0.25) is 5.15 Å². The second-order valence-electron chi connectivity index (χ2n) is 6.96. The Morgan fingerprint density at radius 1 is 1.14 bits per heavy atom. The van der Waals surface area contributed by atoms with E-state index in [9.17, 15) is 0 Å². The van der Waals surface area contributed by atoms with Gasteiger partial charge in [0.1, 0.15) is 5.15 Å².